The summed E-state index contributed by atoms with van der Waals surface area (Å²) >= 11 is 6.14. The summed E-state index contributed by atoms with van der Waals surface area (Å²) < 4.78 is 13.0. The monoisotopic (exact) mass is 476 g/mol. The lowest BCUT2D eigenvalue weighted by molar-refractivity contribution is -0.118. The molecule has 1 amide bonds. The number of aromatic nitrogens is 2. The van der Waals surface area contributed by atoms with Crippen molar-refractivity contribution >= 4 is 39.9 Å². The van der Waals surface area contributed by atoms with Crippen LogP contribution in [0.3, 0.4) is 0 Å². The largest absolute Gasteiger partial charge is 0.497 e. The van der Waals surface area contributed by atoms with Crippen molar-refractivity contribution < 1.29 is 14.3 Å². The number of halogens is 1. The number of benzene rings is 3. The lowest BCUT2D eigenvalue weighted by atomic mass is 10.1. The van der Waals surface area contributed by atoms with Gasteiger partial charge in [0.25, 0.3) is 5.91 Å². The zero-order valence-corrected chi connectivity index (χ0v) is 19.8. The van der Waals surface area contributed by atoms with Crippen LogP contribution in [0.25, 0.3) is 11.0 Å². The van der Waals surface area contributed by atoms with Gasteiger partial charge in [-0.3, -0.25) is 4.79 Å². The zero-order chi connectivity index (χ0) is 23.7. The van der Waals surface area contributed by atoms with Crippen LogP contribution in [-0.4, -0.2) is 35.7 Å². The average molecular weight is 477 g/mol. The van der Waals surface area contributed by atoms with Crippen LogP contribution in [0.15, 0.2) is 60.7 Å². The number of nitrogens with one attached hydrogen (secondary N) is 1. The standard InChI is InChI=1S/C26H25ClN4O3/c1-17-13-19(30-11-12-31-24-10-3-18(27)14-23(24)28-25(31)15-30)4-9-22(17)29-26(32)16-34-21-7-5-20(33-2)6-8-21/h3-10,13-14H,11-12,15-16H2,1-2H3,(H,29,32). The Hall–Kier alpha value is -3.71. The molecule has 8 heteroatoms. The summed E-state index contributed by atoms with van der Waals surface area (Å²) in [6.07, 6.45) is 0. The molecule has 0 unspecified atom stereocenters. The first-order valence-electron chi connectivity index (χ1n) is 11.1. The average Bonchev–Trinajstić information content (AvgIpc) is 3.21. The van der Waals surface area contributed by atoms with Crippen LogP contribution in [-0.2, 0) is 17.9 Å². The first-order valence-corrected chi connectivity index (χ1v) is 11.4. The summed E-state index contributed by atoms with van der Waals surface area (Å²) in [7, 11) is 1.61. The predicted molar refractivity (Wildman–Crippen MR) is 134 cm³/mol. The molecule has 0 fully saturated rings. The number of aryl methyl sites for hydroxylation is 1. The number of hydrogen-bond donors (Lipinski definition) is 1. The highest BCUT2D eigenvalue weighted by Gasteiger charge is 2.21. The molecule has 0 aliphatic carbocycles. The van der Waals surface area contributed by atoms with Gasteiger partial charge in [-0.05, 0) is 73.2 Å². The van der Waals surface area contributed by atoms with E-state index in [2.05, 4.69) is 20.9 Å². The summed E-state index contributed by atoms with van der Waals surface area (Å²) in [5, 5.41) is 3.63. The second-order valence-electron chi connectivity index (χ2n) is 8.25. The van der Waals surface area contributed by atoms with Gasteiger partial charge in [-0.25, -0.2) is 4.98 Å². The summed E-state index contributed by atoms with van der Waals surface area (Å²) in [6.45, 7) is 4.37. The van der Waals surface area contributed by atoms with Gasteiger partial charge in [-0.2, -0.15) is 0 Å². The van der Waals surface area contributed by atoms with Crippen LogP contribution in [0.2, 0.25) is 5.02 Å². The molecule has 4 aromatic rings. The minimum Gasteiger partial charge on any atom is -0.497 e. The summed E-state index contributed by atoms with van der Waals surface area (Å²) in [6, 6.07) is 19.0. The molecule has 7 nitrogen and oxygen atoms in total. The number of hydrogen-bond acceptors (Lipinski definition) is 5. The number of amides is 1. The van der Waals surface area contributed by atoms with Crippen molar-refractivity contribution in [1.29, 1.82) is 0 Å². The molecule has 1 N–H and O–H groups in total. The highest BCUT2D eigenvalue weighted by atomic mass is 35.5. The minimum atomic E-state index is -0.211. The lowest BCUT2D eigenvalue weighted by Gasteiger charge is -2.30. The van der Waals surface area contributed by atoms with Gasteiger partial charge in [0.2, 0.25) is 0 Å². The van der Waals surface area contributed by atoms with E-state index < -0.39 is 0 Å². The van der Waals surface area contributed by atoms with Crippen molar-refractivity contribution in [2.24, 2.45) is 0 Å². The zero-order valence-electron chi connectivity index (χ0n) is 19.0. The Kier molecular flexibility index (Phi) is 6.02. The van der Waals surface area contributed by atoms with Gasteiger partial charge in [0.15, 0.2) is 6.61 Å². The van der Waals surface area contributed by atoms with E-state index in [0.29, 0.717) is 17.3 Å². The second-order valence-corrected chi connectivity index (χ2v) is 8.68. The number of rotatable bonds is 6. The Morgan fingerprint density at radius 3 is 2.62 bits per heavy atom. The van der Waals surface area contributed by atoms with Crippen LogP contribution in [0, 0.1) is 6.92 Å². The second kappa shape index (κ2) is 9.27. The van der Waals surface area contributed by atoms with Crippen molar-refractivity contribution in [2.45, 2.75) is 20.0 Å². The van der Waals surface area contributed by atoms with E-state index >= 15 is 0 Å². The van der Waals surface area contributed by atoms with Gasteiger partial charge in [-0.1, -0.05) is 11.6 Å². The fourth-order valence-corrected chi connectivity index (χ4v) is 4.37. The van der Waals surface area contributed by atoms with E-state index in [-0.39, 0.29) is 12.5 Å². The van der Waals surface area contributed by atoms with Gasteiger partial charge < -0.3 is 24.3 Å². The third-order valence-corrected chi connectivity index (χ3v) is 6.23. The maximum Gasteiger partial charge on any atom is 0.262 e. The van der Waals surface area contributed by atoms with Crippen LogP contribution in [0.5, 0.6) is 11.5 Å². The molecule has 0 atom stereocenters. The molecule has 5 rings (SSSR count). The van der Waals surface area contributed by atoms with Crippen LogP contribution in [0.4, 0.5) is 11.4 Å². The normalized spacial score (nSPS) is 13.0. The molecule has 0 spiro atoms. The first-order chi connectivity index (χ1) is 16.5. The Morgan fingerprint density at radius 2 is 1.85 bits per heavy atom. The molecule has 0 bridgehead atoms. The SMILES string of the molecule is COc1ccc(OCC(=O)Nc2ccc(N3CCn4c(nc5cc(Cl)ccc54)C3)cc2C)cc1. The van der Waals surface area contributed by atoms with E-state index in [1.165, 1.54) is 0 Å². The van der Waals surface area contributed by atoms with E-state index in [1.807, 2.05) is 37.3 Å². The van der Waals surface area contributed by atoms with Crippen LogP contribution < -0.4 is 19.7 Å². The maximum absolute atomic E-state index is 12.4. The highest BCUT2D eigenvalue weighted by Crippen LogP contribution is 2.28. The molecule has 174 valence electrons. The van der Waals surface area contributed by atoms with Crippen LogP contribution >= 0.6 is 11.6 Å². The smallest absolute Gasteiger partial charge is 0.262 e. The van der Waals surface area contributed by atoms with Gasteiger partial charge in [0, 0.05) is 29.5 Å². The quantitative estimate of drug-likeness (QED) is 0.422. The van der Waals surface area contributed by atoms with Gasteiger partial charge in [0.05, 0.1) is 24.7 Å². The van der Waals surface area contributed by atoms with Crippen LogP contribution in [0.1, 0.15) is 11.4 Å². The van der Waals surface area contributed by atoms with E-state index in [9.17, 15) is 4.79 Å². The van der Waals surface area contributed by atoms with E-state index in [0.717, 1.165) is 52.6 Å². The maximum atomic E-state index is 12.4. The first kappa shape index (κ1) is 22.1. The molecule has 1 aliphatic rings. The highest BCUT2D eigenvalue weighted by molar-refractivity contribution is 6.31. The summed E-state index contributed by atoms with van der Waals surface area (Å²) in [4.78, 5) is 19.5. The molecule has 1 aromatic heterocycles. The van der Waals surface area contributed by atoms with Crippen molar-refractivity contribution in [3.8, 4) is 11.5 Å². The third kappa shape index (κ3) is 4.52. The number of nitrogens with zero attached hydrogens (tertiary/aromatic N) is 3. The number of carbonyl (C=O) groups is 1. The predicted octanol–water partition coefficient (Wildman–Crippen LogP) is 5.04. The number of imidazole rings is 1. The molecule has 0 radical (unpaired) electrons. The Labute approximate surface area is 202 Å². The van der Waals surface area contributed by atoms with E-state index in [1.54, 1.807) is 31.4 Å². The molecule has 2 heterocycles. The van der Waals surface area contributed by atoms with Crippen molar-refractivity contribution in [1.82, 2.24) is 9.55 Å². The minimum absolute atomic E-state index is 0.0696. The van der Waals surface area contributed by atoms with Crippen molar-refractivity contribution in [3.63, 3.8) is 0 Å². The van der Waals surface area contributed by atoms with Crippen molar-refractivity contribution in [3.05, 3.63) is 77.1 Å². The number of ether oxygens (including phenoxy) is 2. The molecule has 0 saturated heterocycles. The Balaban J connectivity index is 1.23. The molecule has 3 aromatic carbocycles. The third-order valence-electron chi connectivity index (χ3n) is 5.99. The topological polar surface area (TPSA) is 68.6 Å². The fourth-order valence-electron chi connectivity index (χ4n) is 4.21. The van der Waals surface area contributed by atoms with Gasteiger partial charge in [0.1, 0.15) is 17.3 Å². The Bertz CT molecular complexity index is 1350. The Morgan fingerprint density at radius 1 is 1.06 bits per heavy atom. The summed E-state index contributed by atoms with van der Waals surface area (Å²) in [5.74, 6) is 2.16. The fraction of sp³-hybridized carbons (Fsp3) is 0.231. The number of carbonyl (C=O) groups excluding carboxylic acids is 1. The molecule has 34 heavy (non-hydrogen) atoms. The van der Waals surface area contributed by atoms with Crippen molar-refractivity contribution in [2.75, 3.05) is 30.5 Å². The van der Waals surface area contributed by atoms with Gasteiger partial charge >= 0.3 is 0 Å². The molecular formula is C26H25ClN4O3. The van der Waals surface area contributed by atoms with Gasteiger partial charge in [-0.15, -0.1) is 0 Å². The molecule has 0 saturated carbocycles. The summed E-state index contributed by atoms with van der Waals surface area (Å²) in [5.41, 5.74) is 4.90. The molecule has 1 aliphatic heterocycles. The molecular weight excluding hydrogens is 452 g/mol. The number of methoxy groups -OCH3 is 1. The van der Waals surface area contributed by atoms with E-state index in [4.69, 9.17) is 26.1 Å². The number of fused-ring (bicyclic) bond motifs is 3. The number of anilines is 2. The lowest BCUT2D eigenvalue weighted by Crippen LogP contribution is -2.33.